The van der Waals surface area contributed by atoms with E-state index in [2.05, 4.69) is 36.3 Å². The molecule has 0 bridgehead atoms. The topological polar surface area (TPSA) is 59.8 Å². The van der Waals surface area contributed by atoms with Gasteiger partial charge < -0.3 is 5.32 Å². The smallest absolute Gasteiger partial charge is 0.255 e. The predicted molar refractivity (Wildman–Crippen MR) is 119 cm³/mol. The zero-order chi connectivity index (χ0) is 21.1. The number of para-hydroxylation sites is 1. The first kappa shape index (κ1) is 19.6. The minimum atomic E-state index is -0.158. The van der Waals surface area contributed by atoms with Crippen molar-refractivity contribution in [3.8, 4) is 16.9 Å². The van der Waals surface area contributed by atoms with Gasteiger partial charge in [-0.1, -0.05) is 30.3 Å². The highest BCUT2D eigenvalue weighted by molar-refractivity contribution is 6.00. The van der Waals surface area contributed by atoms with Gasteiger partial charge in [0.1, 0.15) is 5.69 Å². The molecule has 4 aromatic rings. The summed E-state index contributed by atoms with van der Waals surface area (Å²) in [5.41, 5.74) is 6.42. The Morgan fingerprint density at radius 2 is 1.70 bits per heavy atom. The fourth-order valence-electron chi connectivity index (χ4n) is 3.36. The highest BCUT2D eigenvalue weighted by Crippen LogP contribution is 2.26. The van der Waals surface area contributed by atoms with Crippen LogP contribution < -0.4 is 5.32 Å². The third kappa shape index (κ3) is 4.01. The standard InChI is InChI=1S/C25H24N4O/c1-17-9-10-21(15-18(17)2)24-23(16-29(28-24)22-7-5-4-6-8-22)25(30)27-19(3)20-11-13-26-14-12-20/h4-16,19H,1-3H3,(H,27,30). The van der Waals surface area contributed by atoms with Crippen molar-refractivity contribution in [2.24, 2.45) is 0 Å². The summed E-state index contributed by atoms with van der Waals surface area (Å²) in [6.45, 7) is 6.11. The Kier molecular flexibility index (Phi) is 5.44. The summed E-state index contributed by atoms with van der Waals surface area (Å²) >= 11 is 0. The quantitative estimate of drug-likeness (QED) is 0.514. The van der Waals surface area contributed by atoms with Gasteiger partial charge in [0.25, 0.3) is 5.91 Å². The molecule has 0 aliphatic rings. The molecule has 30 heavy (non-hydrogen) atoms. The van der Waals surface area contributed by atoms with Crippen LogP contribution in [0.25, 0.3) is 16.9 Å². The van der Waals surface area contributed by atoms with Crippen LogP contribution in [0.1, 0.15) is 40.0 Å². The molecule has 2 aromatic carbocycles. The Hall–Kier alpha value is -3.73. The molecule has 4 rings (SSSR count). The molecule has 0 radical (unpaired) electrons. The average Bonchev–Trinajstić information content (AvgIpc) is 3.22. The van der Waals surface area contributed by atoms with E-state index < -0.39 is 0 Å². The number of hydrogen-bond acceptors (Lipinski definition) is 3. The number of amides is 1. The molecule has 150 valence electrons. The third-order valence-electron chi connectivity index (χ3n) is 5.31. The summed E-state index contributed by atoms with van der Waals surface area (Å²) in [4.78, 5) is 17.3. The minimum absolute atomic E-state index is 0.145. The molecule has 0 saturated carbocycles. The number of nitrogens with one attached hydrogen (secondary N) is 1. The Balaban J connectivity index is 1.74. The molecular formula is C25H24N4O. The van der Waals surface area contributed by atoms with Gasteiger partial charge in [0.2, 0.25) is 0 Å². The van der Waals surface area contributed by atoms with Gasteiger partial charge in [-0.05, 0) is 67.8 Å². The molecule has 0 saturated heterocycles. The van der Waals surface area contributed by atoms with E-state index in [0.29, 0.717) is 11.3 Å². The van der Waals surface area contributed by atoms with Gasteiger partial charge in [-0.25, -0.2) is 4.68 Å². The van der Waals surface area contributed by atoms with Gasteiger partial charge in [-0.2, -0.15) is 5.10 Å². The summed E-state index contributed by atoms with van der Waals surface area (Å²) in [6, 6.07) is 19.6. The highest BCUT2D eigenvalue weighted by atomic mass is 16.1. The van der Waals surface area contributed by atoms with Crippen LogP contribution >= 0.6 is 0 Å². The summed E-state index contributed by atoms with van der Waals surface area (Å²) in [5.74, 6) is -0.158. The minimum Gasteiger partial charge on any atom is -0.345 e. The number of carbonyl (C=O) groups excluding carboxylic acids is 1. The molecule has 0 aliphatic carbocycles. The maximum Gasteiger partial charge on any atom is 0.255 e. The van der Waals surface area contributed by atoms with Crippen molar-refractivity contribution >= 4 is 5.91 Å². The fourth-order valence-corrected chi connectivity index (χ4v) is 3.36. The van der Waals surface area contributed by atoms with Gasteiger partial charge in [-0.15, -0.1) is 0 Å². The van der Waals surface area contributed by atoms with Gasteiger partial charge >= 0.3 is 0 Å². The van der Waals surface area contributed by atoms with Crippen molar-refractivity contribution in [1.82, 2.24) is 20.1 Å². The van der Waals surface area contributed by atoms with Crippen molar-refractivity contribution in [2.75, 3.05) is 0 Å². The maximum absolute atomic E-state index is 13.2. The number of carbonyl (C=O) groups is 1. The summed E-state index contributed by atoms with van der Waals surface area (Å²) in [7, 11) is 0. The van der Waals surface area contributed by atoms with E-state index in [9.17, 15) is 4.79 Å². The van der Waals surface area contributed by atoms with Gasteiger partial charge in [0, 0.05) is 24.2 Å². The third-order valence-corrected chi connectivity index (χ3v) is 5.31. The van der Waals surface area contributed by atoms with E-state index >= 15 is 0 Å². The van der Waals surface area contributed by atoms with Crippen LogP contribution in [0.2, 0.25) is 0 Å². The normalized spacial score (nSPS) is 11.8. The van der Waals surface area contributed by atoms with E-state index in [-0.39, 0.29) is 11.9 Å². The largest absolute Gasteiger partial charge is 0.345 e. The number of rotatable bonds is 5. The van der Waals surface area contributed by atoms with E-state index in [1.165, 1.54) is 11.1 Å². The Morgan fingerprint density at radius 1 is 0.967 bits per heavy atom. The molecule has 1 atom stereocenters. The molecule has 0 fully saturated rings. The van der Waals surface area contributed by atoms with E-state index in [1.54, 1.807) is 23.3 Å². The lowest BCUT2D eigenvalue weighted by Crippen LogP contribution is -2.26. The molecule has 2 heterocycles. The first-order valence-electron chi connectivity index (χ1n) is 9.96. The first-order valence-corrected chi connectivity index (χ1v) is 9.96. The van der Waals surface area contributed by atoms with Crippen LogP contribution in [0.4, 0.5) is 0 Å². The average molecular weight is 396 g/mol. The molecule has 0 aliphatic heterocycles. The van der Waals surface area contributed by atoms with Gasteiger partial charge in [-0.3, -0.25) is 9.78 Å². The second kappa shape index (κ2) is 8.33. The summed E-state index contributed by atoms with van der Waals surface area (Å²) in [5, 5.41) is 7.86. The molecular weight excluding hydrogens is 372 g/mol. The van der Waals surface area contributed by atoms with Crippen LogP contribution in [-0.2, 0) is 0 Å². The number of hydrogen-bond donors (Lipinski definition) is 1. The number of aryl methyl sites for hydroxylation is 2. The lowest BCUT2D eigenvalue weighted by molar-refractivity contribution is 0.0940. The van der Waals surface area contributed by atoms with E-state index in [4.69, 9.17) is 5.10 Å². The number of aromatic nitrogens is 3. The molecule has 2 aromatic heterocycles. The second-order valence-corrected chi connectivity index (χ2v) is 7.45. The van der Waals surface area contributed by atoms with Crippen LogP contribution in [0.5, 0.6) is 0 Å². The predicted octanol–water partition coefficient (Wildman–Crippen LogP) is 5.04. The van der Waals surface area contributed by atoms with Crippen molar-refractivity contribution < 1.29 is 4.79 Å². The lowest BCUT2D eigenvalue weighted by Gasteiger charge is -2.14. The second-order valence-electron chi connectivity index (χ2n) is 7.45. The Labute approximate surface area is 176 Å². The van der Waals surface area contributed by atoms with Gasteiger partial charge in [0.05, 0.1) is 17.3 Å². The lowest BCUT2D eigenvalue weighted by atomic mass is 10.0. The van der Waals surface area contributed by atoms with Crippen molar-refractivity contribution in [3.05, 3.63) is 102 Å². The maximum atomic E-state index is 13.2. The molecule has 5 heteroatoms. The SMILES string of the molecule is Cc1ccc(-c2nn(-c3ccccc3)cc2C(=O)NC(C)c2ccncc2)cc1C. The molecule has 5 nitrogen and oxygen atoms in total. The zero-order valence-electron chi connectivity index (χ0n) is 17.3. The summed E-state index contributed by atoms with van der Waals surface area (Å²) in [6.07, 6.45) is 5.26. The number of nitrogens with zero attached hydrogens (tertiary/aromatic N) is 3. The van der Waals surface area contributed by atoms with Crippen molar-refractivity contribution in [1.29, 1.82) is 0 Å². The van der Waals surface area contributed by atoms with Crippen LogP contribution in [0.15, 0.2) is 79.3 Å². The van der Waals surface area contributed by atoms with Crippen molar-refractivity contribution in [3.63, 3.8) is 0 Å². The van der Waals surface area contributed by atoms with Crippen LogP contribution in [-0.4, -0.2) is 20.7 Å². The highest BCUT2D eigenvalue weighted by Gasteiger charge is 2.21. The Bertz CT molecular complexity index is 1170. The first-order chi connectivity index (χ1) is 14.5. The van der Waals surface area contributed by atoms with Crippen molar-refractivity contribution in [2.45, 2.75) is 26.8 Å². The van der Waals surface area contributed by atoms with Crippen LogP contribution in [0, 0.1) is 13.8 Å². The summed E-state index contributed by atoms with van der Waals surface area (Å²) < 4.78 is 1.76. The van der Waals surface area contributed by atoms with E-state index in [1.807, 2.05) is 55.5 Å². The molecule has 1 amide bonds. The molecule has 0 spiro atoms. The molecule has 1 N–H and O–H groups in total. The van der Waals surface area contributed by atoms with Crippen LogP contribution in [0.3, 0.4) is 0 Å². The Morgan fingerprint density at radius 3 is 2.40 bits per heavy atom. The van der Waals surface area contributed by atoms with Gasteiger partial charge in [0.15, 0.2) is 0 Å². The molecule has 1 unspecified atom stereocenters. The van der Waals surface area contributed by atoms with E-state index in [0.717, 1.165) is 16.8 Å². The number of benzene rings is 2. The fraction of sp³-hybridized carbons (Fsp3) is 0.160. The monoisotopic (exact) mass is 396 g/mol. The zero-order valence-corrected chi connectivity index (χ0v) is 17.3. The number of pyridine rings is 1.